The Kier molecular flexibility index (Phi) is 4.21. The summed E-state index contributed by atoms with van der Waals surface area (Å²) in [5.74, 6) is -0.387. The predicted octanol–water partition coefficient (Wildman–Crippen LogP) is 2.14. The number of nitro groups is 1. The van der Waals surface area contributed by atoms with Gasteiger partial charge in [-0.2, -0.15) is 0 Å². The van der Waals surface area contributed by atoms with Gasteiger partial charge >= 0.3 is 0 Å². The van der Waals surface area contributed by atoms with Crippen molar-refractivity contribution in [1.82, 2.24) is 4.90 Å². The van der Waals surface area contributed by atoms with Crippen molar-refractivity contribution in [2.45, 2.75) is 19.4 Å². The second-order valence-electron chi connectivity index (χ2n) is 4.78. The molecular weight excluding hydrogens is 251 g/mol. The number of hydrogen-bond acceptors (Lipinski definition) is 4. The van der Waals surface area contributed by atoms with Crippen LogP contribution in [-0.2, 0) is 11.3 Å². The molecule has 1 aromatic rings. The van der Waals surface area contributed by atoms with Gasteiger partial charge in [0, 0.05) is 24.1 Å². The first-order valence-corrected chi connectivity index (χ1v) is 6.20. The van der Waals surface area contributed by atoms with Gasteiger partial charge in [-0.25, -0.2) is 4.39 Å². The van der Waals surface area contributed by atoms with Crippen LogP contribution in [0, 0.1) is 21.8 Å². The minimum atomic E-state index is -0.493. The molecule has 19 heavy (non-hydrogen) atoms. The third kappa shape index (κ3) is 3.35. The quantitative estimate of drug-likeness (QED) is 0.476. The lowest BCUT2D eigenvalue weighted by atomic mass is 9.98. The second-order valence-corrected chi connectivity index (χ2v) is 4.78. The van der Waals surface area contributed by atoms with Crippen molar-refractivity contribution < 1.29 is 14.1 Å². The van der Waals surface area contributed by atoms with Crippen LogP contribution in [0.1, 0.15) is 18.4 Å². The summed E-state index contributed by atoms with van der Waals surface area (Å²) >= 11 is 0. The Labute approximate surface area is 110 Å². The second kappa shape index (κ2) is 5.88. The third-order valence-electron chi connectivity index (χ3n) is 3.46. The molecule has 1 saturated heterocycles. The molecule has 0 unspecified atom stereocenters. The molecule has 1 aliphatic heterocycles. The molecule has 1 fully saturated rings. The van der Waals surface area contributed by atoms with Crippen LogP contribution in [-0.4, -0.2) is 29.2 Å². The van der Waals surface area contributed by atoms with Crippen molar-refractivity contribution in [3.8, 4) is 0 Å². The Morgan fingerprint density at radius 2 is 2.11 bits per heavy atom. The zero-order valence-corrected chi connectivity index (χ0v) is 10.4. The van der Waals surface area contributed by atoms with Crippen LogP contribution in [0.3, 0.4) is 0 Å². The summed E-state index contributed by atoms with van der Waals surface area (Å²) in [6.07, 6.45) is 2.47. The average Bonchev–Trinajstić information content (AvgIpc) is 2.39. The molecule has 0 radical (unpaired) electrons. The van der Waals surface area contributed by atoms with Gasteiger partial charge in [0.1, 0.15) is 12.1 Å². The summed E-state index contributed by atoms with van der Waals surface area (Å²) in [7, 11) is 0. The first-order chi connectivity index (χ1) is 9.10. The molecule has 0 amide bonds. The molecule has 0 N–H and O–H groups in total. The molecule has 1 aromatic carbocycles. The number of nitro benzene ring substituents is 1. The largest absolute Gasteiger partial charge is 0.303 e. The summed E-state index contributed by atoms with van der Waals surface area (Å²) in [6.45, 7) is 1.76. The number of piperidine rings is 1. The smallest absolute Gasteiger partial charge is 0.274 e. The number of benzene rings is 1. The highest BCUT2D eigenvalue weighted by molar-refractivity contribution is 5.53. The van der Waals surface area contributed by atoms with Crippen molar-refractivity contribution in [1.29, 1.82) is 0 Å². The van der Waals surface area contributed by atoms with E-state index in [0.717, 1.165) is 25.2 Å². The van der Waals surface area contributed by atoms with Gasteiger partial charge in [-0.15, -0.1) is 0 Å². The van der Waals surface area contributed by atoms with E-state index < -0.39 is 10.7 Å². The Bertz CT molecular complexity index is 485. The van der Waals surface area contributed by atoms with Crippen LogP contribution in [0.25, 0.3) is 0 Å². The fraction of sp³-hybridized carbons (Fsp3) is 0.462. The van der Waals surface area contributed by atoms with E-state index in [9.17, 15) is 19.3 Å². The van der Waals surface area contributed by atoms with E-state index in [1.807, 2.05) is 4.90 Å². The Morgan fingerprint density at radius 3 is 2.68 bits per heavy atom. The Morgan fingerprint density at radius 1 is 1.42 bits per heavy atom. The highest BCUT2D eigenvalue weighted by Gasteiger charge is 2.22. The van der Waals surface area contributed by atoms with Crippen molar-refractivity contribution >= 4 is 12.0 Å². The Balaban J connectivity index is 2.08. The van der Waals surface area contributed by atoms with Gasteiger partial charge in [0.2, 0.25) is 0 Å². The van der Waals surface area contributed by atoms with Gasteiger partial charge in [-0.05, 0) is 38.1 Å². The van der Waals surface area contributed by atoms with Crippen LogP contribution < -0.4 is 0 Å². The van der Waals surface area contributed by atoms with E-state index in [0.29, 0.717) is 25.2 Å². The molecule has 0 saturated carbocycles. The monoisotopic (exact) mass is 266 g/mol. The molecule has 5 nitrogen and oxygen atoms in total. The van der Waals surface area contributed by atoms with Gasteiger partial charge in [0.05, 0.1) is 4.92 Å². The molecule has 2 rings (SSSR count). The number of nitrogens with zero attached hydrogens (tertiary/aromatic N) is 2. The lowest BCUT2D eigenvalue weighted by Crippen LogP contribution is -2.33. The highest BCUT2D eigenvalue weighted by Crippen LogP contribution is 2.23. The molecule has 102 valence electrons. The molecule has 1 aliphatic rings. The first kappa shape index (κ1) is 13.6. The van der Waals surface area contributed by atoms with Crippen molar-refractivity contribution in [3.05, 3.63) is 39.7 Å². The number of likely N-dealkylation sites (tertiary alicyclic amines) is 1. The lowest BCUT2D eigenvalue weighted by molar-refractivity contribution is -0.385. The molecule has 0 spiro atoms. The number of carbonyl (C=O) groups is 1. The maximum absolute atomic E-state index is 13.2. The van der Waals surface area contributed by atoms with E-state index in [-0.39, 0.29) is 11.6 Å². The van der Waals surface area contributed by atoms with Crippen molar-refractivity contribution in [2.75, 3.05) is 13.1 Å². The summed E-state index contributed by atoms with van der Waals surface area (Å²) in [5, 5.41) is 10.9. The minimum Gasteiger partial charge on any atom is -0.303 e. The Hall–Kier alpha value is -1.82. The number of rotatable bonds is 4. The first-order valence-electron chi connectivity index (χ1n) is 6.20. The van der Waals surface area contributed by atoms with Crippen LogP contribution in [0.4, 0.5) is 10.1 Å². The van der Waals surface area contributed by atoms with Crippen LogP contribution >= 0.6 is 0 Å². The molecule has 0 atom stereocenters. The van der Waals surface area contributed by atoms with Crippen molar-refractivity contribution in [3.63, 3.8) is 0 Å². The maximum atomic E-state index is 13.2. The topological polar surface area (TPSA) is 63.5 Å². The summed E-state index contributed by atoms with van der Waals surface area (Å²) < 4.78 is 13.2. The molecule has 0 aromatic heterocycles. The minimum absolute atomic E-state index is 0.0566. The number of hydrogen-bond donors (Lipinski definition) is 0. The van der Waals surface area contributed by atoms with Crippen LogP contribution in [0.5, 0.6) is 0 Å². The molecule has 0 bridgehead atoms. The number of halogens is 1. The van der Waals surface area contributed by atoms with E-state index in [1.165, 1.54) is 12.1 Å². The van der Waals surface area contributed by atoms with Gasteiger partial charge in [0.15, 0.2) is 0 Å². The average molecular weight is 266 g/mol. The zero-order valence-electron chi connectivity index (χ0n) is 10.4. The fourth-order valence-corrected chi connectivity index (χ4v) is 2.35. The van der Waals surface area contributed by atoms with Gasteiger partial charge in [-0.3, -0.25) is 15.0 Å². The summed E-state index contributed by atoms with van der Waals surface area (Å²) in [4.78, 5) is 23.1. The summed E-state index contributed by atoms with van der Waals surface area (Å²) in [5.41, 5.74) is 0.327. The van der Waals surface area contributed by atoms with Gasteiger partial charge < -0.3 is 4.79 Å². The maximum Gasteiger partial charge on any atom is 0.274 e. The highest BCUT2D eigenvalue weighted by atomic mass is 19.1. The van der Waals surface area contributed by atoms with E-state index in [4.69, 9.17) is 0 Å². The third-order valence-corrected chi connectivity index (χ3v) is 3.46. The summed E-state index contributed by atoms with van der Waals surface area (Å²) in [6, 6.07) is 3.51. The van der Waals surface area contributed by atoms with E-state index >= 15 is 0 Å². The predicted molar refractivity (Wildman–Crippen MR) is 67.1 cm³/mol. The van der Waals surface area contributed by atoms with Gasteiger partial charge in [0.25, 0.3) is 5.69 Å². The van der Waals surface area contributed by atoms with Gasteiger partial charge in [-0.1, -0.05) is 0 Å². The lowest BCUT2D eigenvalue weighted by Gasteiger charge is -2.29. The molecular formula is C13H15FN2O3. The number of carbonyl (C=O) groups excluding carboxylic acids is 1. The molecule has 1 heterocycles. The van der Waals surface area contributed by atoms with Crippen molar-refractivity contribution in [2.24, 2.45) is 5.92 Å². The van der Waals surface area contributed by atoms with E-state index in [2.05, 4.69) is 0 Å². The fourth-order valence-electron chi connectivity index (χ4n) is 2.35. The van der Waals surface area contributed by atoms with Crippen LogP contribution in [0.2, 0.25) is 0 Å². The molecule has 6 heteroatoms. The standard InChI is InChI=1S/C13H15FN2O3/c14-12-1-2-13(16(18)19)11(7-12)8-15-5-3-10(9-17)4-6-15/h1-2,7,9-10H,3-6,8H2. The number of aldehydes is 1. The molecule has 0 aliphatic carbocycles. The normalized spacial score (nSPS) is 17.3. The van der Waals surface area contributed by atoms with E-state index in [1.54, 1.807) is 0 Å². The van der Waals surface area contributed by atoms with Crippen LogP contribution in [0.15, 0.2) is 18.2 Å². The zero-order chi connectivity index (χ0) is 13.8. The SMILES string of the molecule is O=CC1CCN(Cc2cc(F)ccc2[N+](=O)[O-])CC1.